The summed E-state index contributed by atoms with van der Waals surface area (Å²) in [4.78, 5) is 16.1. The Bertz CT molecular complexity index is 602. The second-order valence-corrected chi connectivity index (χ2v) is 5.82. The molecule has 1 aromatic heterocycles. The largest absolute Gasteiger partial charge is 0.477 e. The molecule has 2 rings (SSSR count). The summed E-state index contributed by atoms with van der Waals surface area (Å²) in [7, 11) is 1.66. The van der Waals surface area contributed by atoms with Gasteiger partial charge in [-0.2, -0.15) is 0 Å². The molecule has 20 heavy (non-hydrogen) atoms. The van der Waals surface area contributed by atoms with Gasteiger partial charge in [0.25, 0.3) is 0 Å². The molecule has 0 fully saturated rings. The Hall–Kier alpha value is -1.72. The smallest absolute Gasteiger partial charge is 0.347 e. The first-order valence-electron chi connectivity index (χ1n) is 6.35. The first-order chi connectivity index (χ1) is 9.52. The highest BCUT2D eigenvalue weighted by Crippen LogP contribution is 2.31. The number of carboxylic acid groups (broad SMARTS) is 1. The molecule has 4 nitrogen and oxygen atoms in total. The van der Waals surface area contributed by atoms with Gasteiger partial charge in [-0.05, 0) is 11.5 Å². The number of carbonyl (C=O) groups is 1. The molecule has 0 atom stereocenters. The summed E-state index contributed by atoms with van der Waals surface area (Å²) in [6.45, 7) is 4.47. The van der Waals surface area contributed by atoms with Gasteiger partial charge in [-0.3, -0.25) is 0 Å². The van der Waals surface area contributed by atoms with Crippen LogP contribution in [0.1, 0.15) is 40.7 Å². The third-order valence-corrected chi connectivity index (χ3v) is 4.01. The molecule has 1 N–H and O–H groups in total. The minimum atomic E-state index is -0.909. The van der Waals surface area contributed by atoms with E-state index in [0.717, 1.165) is 16.1 Å². The lowest BCUT2D eigenvalue weighted by molar-refractivity contribution is 0.0700. The topological polar surface area (TPSA) is 59.4 Å². The van der Waals surface area contributed by atoms with Crippen molar-refractivity contribution in [3.8, 4) is 10.6 Å². The van der Waals surface area contributed by atoms with Crippen molar-refractivity contribution in [3.05, 3.63) is 40.4 Å². The number of aromatic nitrogens is 1. The van der Waals surface area contributed by atoms with Crippen molar-refractivity contribution in [1.82, 2.24) is 4.98 Å². The minimum Gasteiger partial charge on any atom is -0.477 e. The maximum atomic E-state index is 11.3. The number of rotatable bonds is 5. The Balaban J connectivity index is 2.37. The average molecular weight is 291 g/mol. The molecule has 0 saturated carbocycles. The zero-order valence-corrected chi connectivity index (χ0v) is 12.5. The summed E-state index contributed by atoms with van der Waals surface area (Å²) in [6.07, 6.45) is 0. The molecule has 0 spiro atoms. The average Bonchev–Trinajstić information content (AvgIpc) is 2.85. The molecule has 1 aromatic carbocycles. The predicted molar refractivity (Wildman–Crippen MR) is 79.3 cm³/mol. The van der Waals surface area contributed by atoms with Crippen LogP contribution < -0.4 is 0 Å². The molecule has 0 aliphatic rings. The molecular formula is C15H17NO3S. The molecular weight excluding hydrogens is 274 g/mol. The number of hydrogen-bond donors (Lipinski definition) is 1. The van der Waals surface area contributed by atoms with E-state index >= 15 is 0 Å². The van der Waals surface area contributed by atoms with Crippen LogP contribution in [0.5, 0.6) is 0 Å². The molecule has 2 aromatic rings. The number of methoxy groups -OCH3 is 1. The lowest BCUT2D eigenvalue weighted by atomic mass is 10.1. The van der Waals surface area contributed by atoms with E-state index in [1.807, 2.05) is 38.1 Å². The Morgan fingerprint density at radius 3 is 2.45 bits per heavy atom. The van der Waals surface area contributed by atoms with Crippen molar-refractivity contribution in [3.63, 3.8) is 0 Å². The Morgan fingerprint density at radius 2 is 2.00 bits per heavy atom. The van der Waals surface area contributed by atoms with E-state index in [9.17, 15) is 9.90 Å². The summed E-state index contributed by atoms with van der Waals surface area (Å²) in [5, 5.41) is 9.99. The molecule has 0 radical (unpaired) electrons. The van der Waals surface area contributed by atoms with Crippen molar-refractivity contribution in [2.24, 2.45) is 0 Å². The number of benzene rings is 1. The molecule has 106 valence electrons. The van der Waals surface area contributed by atoms with Gasteiger partial charge in [0.2, 0.25) is 0 Å². The molecule has 5 heteroatoms. The molecule has 1 heterocycles. The van der Waals surface area contributed by atoms with Crippen molar-refractivity contribution < 1.29 is 14.6 Å². The SMILES string of the molecule is COCc1ccc(-c2nc(C(C)C)c(C(=O)O)s2)cc1. The Kier molecular flexibility index (Phi) is 4.52. The number of thiazole rings is 1. The van der Waals surface area contributed by atoms with E-state index in [1.165, 1.54) is 11.3 Å². The molecule has 0 unspecified atom stereocenters. The lowest BCUT2D eigenvalue weighted by Gasteiger charge is -2.01. The zero-order valence-electron chi connectivity index (χ0n) is 11.7. The van der Waals surface area contributed by atoms with Crippen molar-refractivity contribution in [2.75, 3.05) is 7.11 Å². The van der Waals surface area contributed by atoms with Crippen LogP contribution in [0.4, 0.5) is 0 Å². The first kappa shape index (κ1) is 14.7. The van der Waals surface area contributed by atoms with Crippen LogP contribution in [0.3, 0.4) is 0 Å². The summed E-state index contributed by atoms with van der Waals surface area (Å²) in [6, 6.07) is 7.83. The molecule has 0 bridgehead atoms. The summed E-state index contributed by atoms with van der Waals surface area (Å²) in [5.41, 5.74) is 2.66. The highest BCUT2D eigenvalue weighted by atomic mass is 32.1. The van der Waals surface area contributed by atoms with Crippen LogP contribution in [0, 0.1) is 0 Å². The fourth-order valence-electron chi connectivity index (χ4n) is 1.91. The molecule has 0 amide bonds. The summed E-state index contributed by atoms with van der Waals surface area (Å²) in [5.74, 6) is -0.813. The Morgan fingerprint density at radius 1 is 1.35 bits per heavy atom. The van der Waals surface area contributed by atoms with Gasteiger partial charge < -0.3 is 9.84 Å². The van der Waals surface area contributed by atoms with Crippen LogP contribution >= 0.6 is 11.3 Å². The highest BCUT2D eigenvalue weighted by Gasteiger charge is 2.20. The monoisotopic (exact) mass is 291 g/mol. The Labute approximate surface area is 122 Å². The molecule has 0 saturated heterocycles. The second-order valence-electron chi connectivity index (χ2n) is 4.82. The van der Waals surface area contributed by atoms with Gasteiger partial charge in [0.15, 0.2) is 0 Å². The maximum absolute atomic E-state index is 11.3. The van der Waals surface area contributed by atoms with Gasteiger partial charge >= 0.3 is 5.97 Å². The van der Waals surface area contributed by atoms with E-state index < -0.39 is 5.97 Å². The van der Waals surface area contributed by atoms with Gasteiger partial charge in [0.1, 0.15) is 9.88 Å². The number of nitrogens with zero attached hydrogens (tertiary/aromatic N) is 1. The second kappa shape index (κ2) is 6.15. The van der Waals surface area contributed by atoms with Gasteiger partial charge in [0.05, 0.1) is 12.3 Å². The maximum Gasteiger partial charge on any atom is 0.347 e. The number of carboxylic acids is 1. The standard InChI is InChI=1S/C15H17NO3S/c1-9(2)12-13(15(17)18)20-14(16-12)11-6-4-10(5-7-11)8-19-3/h4-7,9H,8H2,1-3H3,(H,17,18). The first-order valence-corrected chi connectivity index (χ1v) is 7.16. The van der Waals surface area contributed by atoms with Crippen LogP contribution in [0.25, 0.3) is 10.6 Å². The summed E-state index contributed by atoms with van der Waals surface area (Å²) < 4.78 is 5.07. The third-order valence-electron chi connectivity index (χ3n) is 2.91. The van der Waals surface area contributed by atoms with E-state index in [1.54, 1.807) is 7.11 Å². The fourth-order valence-corrected chi connectivity index (χ4v) is 2.97. The van der Waals surface area contributed by atoms with Crippen molar-refractivity contribution >= 4 is 17.3 Å². The van der Waals surface area contributed by atoms with Gasteiger partial charge in [-0.25, -0.2) is 9.78 Å². The number of ether oxygens (including phenoxy) is 1. The number of hydrogen-bond acceptors (Lipinski definition) is 4. The van der Waals surface area contributed by atoms with E-state index in [-0.39, 0.29) is 5.92 Å². The third kappa shape index (κ3) is 3.05. The number of aromatic carboxylic acids is 1. The van der Waals surface area contributed by atoms with Gasteiger partial charge in [-0.1, -0.05) is 38.1 Å². The van der Waals surface area contributed by atoms with Gasteiger partial charge in [-0.15, -0.1) is 11.3 Å². The summed E-state index contributed by atoms with van der Waals surface area (Å²) >= 11 is 1.23. The van der Waals surface area contributed by atoms with Crippen molar-refractivity contribution in [2.45, 2.75) is 26.4 Å². The van der Waals surface area contributed by atoms with Crippen molar-refractivity contribution in [1.29, 1.82) is 0 Å². The van der Waals surface area contributed by atoms with E-state index in [2.05, 4.69) is 4.98 Å². The molecule has 0 aliphatic heterocycles. The quantitative estimate of drug-likeness (QED) is 0.910. The highest BCUT2D eigenvalue weighted by molar-refractivity contribution is 7.17. The predicted octanol–water partition coefficient (Wildman–Crippen LogP) is 3.78. The lowest BCUT2D eigenvalue weighted by Crippen LogP contribution is -2.00. The molecule has 0 aliphatic carbocycles. The fraction of sp³-hybridized carbons (Fsp3) is 0.333. The van der Waals surface area contributed by atoms with Gasteiger partial charge in [0, 0.05) is 12.7 Å². The van der Waals surface area contributed by atoms with Crippen LogP contribution in [-0.4, -0.2) is 23.2 Å². The van der Waals surface area contributed by atoms with E-state index in [0.29, 0.717) is 17.2 Å². The minimum absolute atomic E-state index is 0.0962. The normalized spacial score (nSPS) is 11.0. The van der Waals surface area contributed by atoms with Crippen LogP contribution in [0.15, 0.2) is 24.3 Å². The van der Waals surface area contributed by atoms with Crippen LogP contribution in [0.2, 0.25) is 0 Å². The van der Waals surface area contributed by atoms with Crippen LogP contribution in [-0.2, 0) is 11.3 Å². The van der Waals surface area contributed by atoms with E-state index in [4.69, 9.17) is 4.74 Å². The zero-order chi connectivity index (χ0) is 14.7.